The number of nitrogens with zero attached hydrogens (tertiary/aromatic N) is 2. The molecule has 0 aromatic heterocycles. The van der Waals surface area contributed by atoms with E-state index < -0.39 is 11.8 Å². The van der Waals surface area contributed by atoms with Gasteiger partial charge in [-0.15, -0.1) is 5.06 Å². The van der Waals surface area contributed by atoms with Crippen molar-refractivity contribution in [3.8, 4) is 0 Å². The molecular weight excluding hydrogens is 396 g/mol. The third-order valence-corrected chi connectivity index (χ3v) is 5.36. The maximum atomic E-state index is 12.5. The highest BCUT2D eigenvalue weighted by Gasteiger charge is 2.37. The number of rotatable bonds is 5. The minimum Gasteiger partial charge on any atom is -0.270 e. The molecule has 31 heavy (non-hydrogen) atoms. The molecule has 0 atom stereocenters. The van der Waals surface area contributed by atoms with Gasteiger partial charge in [0.05, 0.1) is 28.8 Å². The second kappa shape index (κ2) is 7.30. The van der Waals surface area contributed by atoms with Gasteiger partial charge in [-0.1, -0.05) is 48.5 Å². The van der Waals surface area contributed by atoms with Gasteiger partial charge in [-0.2, -0.15) is 0 Å². The molecule has 3 aromatic rings. The number of hydroxylamine groups is 2. The van der Waals surface area contributed by atoms with E-state index in [4.69, 9.17) is 4.84 Å². The molecule has 7 nitrogen and oxygen atoms in total. The number of benzene rings is 3. The van der Waals surface area contributed by atoms with E-state index in [1.807, 2.05) is 0 Å². The van der Waals surface area contributed by atoms with E-state index in [0.717, 1.165) is 16.2 Å². The fourth-order valence-corrected chi connectivity index (χ4v) is 3.73. The second-order valence-corrected chi connectivity index (χ2v) is 7.28. The van der Waals surface area contributed by atoms with E-state index in [0.29, 0.717) is 22.3 Å². The third kappa shape index (κ3) is 3.12. The van der Waals surface area contributed by atoms with Crippen LogP contribution in [0.5, 0.6) is 0 Å². The molecule has 0 saturated heterocycles. The molecule has 2 aliphatic heterocycles. The molecule has 152 valence electrons. The standard InChI is InChI=1S/C24H16N2O5/c27-21-17-5-1-2-6-18(17)22(28)25(21)13-15-9-11-16(12-10-15)14-31-26-23(29)19-7-3-4-8-20(19)24(26)30/h1-12H,13-14H2. The lowest BCUT2D eigenvalue weighted by atomic mass is 10.1. The summed E-state index contributed by atoms with van der Waals surface area (Å²) in [6.07, 6.45) is 0. The van der Waals surface area contributed by atoms with Gasteiger partial charge in [0.15, 0.2) is 0 Å². The summed E-state index contributed by atoms with van der Waals surface area (Å²) in [5, 5.41) is 0.775. The van der Waals surface area contributed by atoms with Crippen LogP contribution in [0.4, 0.5) is 0 Å². The summed E-state index contributed by atoms with van der Waals surface area (Å²) in [6, 6.07) is 20.4. The molecule has 3 aromatic carbocycles. The van der Waals surface area contributed by atoms with Gasteiger partial charge in [0, 0.05) is 0 Å². The Morgan fingerprint density at radius 1 is 0.548 bits per heavy atom. The van der Waals surface area contributed by atoms with Crippen molar-refractivity contribution in [2.24, 2.45) is 0 Å². The topological polar surface area (TPSA) is 84.0 Å². The molecule has 0 aliphatic carbocycles. The molecule has 2 heterocycles. The maximum absolute atomic E-state index is 12.5. The van der Waals surface area contributed by atoms with Crippen LogP contribution >= 0.6 is 0 Å². The molecule has 0 fully saturated rings. The van der Waals surface area contributed by atoms with Crippen molar-refractivity contribution >= 4 is 23.6 Å². The van der Waals surface area contributed by atoms with Crippen LogP contribution in [-0.2, 0) is 18.0 Å². The van der Waals surface area contributed by atoms with E-state index in [-0.39, 0.29) is 25.0 Å². The molecule has 0 spiro atoms. The number of imide groups is 2. The summed E-state index contributed by atoms with van der Waals surface area (Å²) in [5.74, 6) is -1.58. The van der Waals surface area contributed by atoms with Crippen LogP contribution in [0, 0.1) is 0 Å². The first kappa shape index (κ1) is 18.9. The Morgan fingerprint density at radius 3 is 1.45 bits per heavy atom. The zero-order valence-electron chi connectivity index (χ0n) is 16.3. The van der Waals surface area contributed by atoms with E-state index in [9.17, 15) is 19.2 Å². The predicted octanol–water partition coefficient (Wildman–Crippen LogP) is 3.21. The van der Waals surface area contributed by atoms with Gasteiger partial charge < -0.3 is 0 Å². The Bertz CT molecular complexity index is 1180. The van der Waals surface area contributed by atoms with Crippen molar-refractivity contribution in [2.45, 2.75) is 13.2 Å². The number of hydrogen-bond acceptors (Lipinski definition) is 5. The SMILES string of the molecule is O=C1c2ccccc2C(=O)N1Cc1ccc(CON2C(=O)c3ccccc3C2=O)cc1. The Hall–Kier alpha value is -4.10. The van der Waals surface area contributed by atoms with Crippen LogP contribution in [0.2, 0.25) is 0 Å². The molecule has 5 rings (SSSR count). The Morgan fingerprint density at radius 2 is 0.968 bits per heavy atom. The highest BCUT2D eigenvalue weighted by molar-refractivity contribution is 6.21. The lowest BCUT2D eigenvalue weighted by Crippen LogP contribution is -2.30. The number of carbonyl (C=O) groups excluding carboxylic acids is 4. The molecule has 2 aliphatic rings. The average molecular weight is 412 g/mol. The normalized spacial score (nSPS) is 15.0. The zero-order valence-corrected chi connectivity index (χ0v) is 16.3. The van der Waals surface area contributed by atoms with E-state index in [1.165, 1.54) is 4.90 Å². The molecule has 7 heteroatoms. The summed E-state index contributed by atoms with van der Waals surface area (Å²) in [5.41, 5.74) is 2.99. The van der Waals surface area contributed by atoms with Gasteiger partial charge in [-0.3, -0.25) is 28.9 Å². The summed E-state index contributed by atoms with van der Waals surface area (Å²) in [4.78, 5) is 56.4. The summed E-state index contributed by atoms with van der Waals surface area (Å²) in [6.45, 7) is 0.185. The largest absolute Gasteiger partial charge is 0.285 e. The predicted molar refractivity (Wildman–Crippen MR) is 109 cm³/mol. The van der Waals surface area contributed by atoms with Gasteiger partial charge in [-0.05, 0) is 35.4 Å². The van der Waals surface area contributed by atoms with Crippen molar-refractivity contribution in [1.82, 2.24) is 9.96 Å². The van der Waals surface area contributed by atoms with Crippen LogP contribution in [0.25, 0.3) is 0 Å². The first-order valence-corrected chi connectivity index (χ1v) is 9.68. The van der Waals surface area contributed by atoms with Gasteiger partial charge in [0.2, 0.25) is 0 Å². The highest BCUT2D eigenvalue weighted by atomic mass is 16.7. The van der Waals surface area contributed by atoms with E-state index >= 15 is 0 Å². The van der Waals surface area contributed by atoms with Crippen LogP contribution in [0.3, 0.4) is 0 Å². The molecule has 0 bridgehead atoms. The van der Waals surface area contributed by atoms with Gasteiger partial charge >= 0.3 is 0 Å². The fourth-order valence-electron chi connectivity index (χ4n) is 3.73. The number of amides is 4. The quantitative estimate of drug-likeness (QED) is 0.601. The Kier molecular flexibility index (Phi) is 4.45. The zero-order chi connectivity index (χ0) is 21.5. The lowest BCUT2D eigenvalue weighted by molar-refractivity contribution is -0.101. The molecule has 0 N–H and O–H groups in total. The van der Waals surface area contributed by atoms with Crippen molar-refractivity contribution in [1.29, 1.82) is 0 Å². The van der Waals surface area contributed by atoms with Crippen LogP contribution in [-0.4, -0.2) is 33.6 Å². The Balaban J connectivity index is 1.24. The highest BCUT2D eigenvalue weighted by Crippen LogP contribution is 2.25. The maximum Gasteiger partial charge on any atom is 0.285 e. The van der Waals surface area contributed by atoms with E-state index in [1.54, 1.807) is 72.8 Å². The second-order valence-electron chi connectivity index (χ2n) is 7.28. The smallest absolute Gasteiger partial charge is 0.270 e. The molecule has 0 saturated carbocycles. The fraction of sp³-hybridized carbons (Fsp3) is 0.0833. The Labute approximate surface area is 177 Å². The van der Waals surface area contributed by atoms with Crippen LogP contribution in [0.15, 0.2) is 72.8 Å². The monoisotopic (exact) mass is 412 g/mol. The van der Waals surface area contributed by atoms with Crippen LogP contribution in [0.1, 0.15) is 52.6 Å². The summed E-state index contributed by atoms with van der Waals surface area (Å²) < 4.78 is 0. The van der Waals surface area contributed by atoms with Gasteiger partial charge in [0.25, 0.3) is 23.6 Å². The minimum absolute atomic E-state index is 0.0266. The number of fused-ring (bicyclic) bond motifs is 2. The first-order valence-electron chi connectivity index (χ1n) is 9.68. The number of carbonyl (C=O) groups is 4. The summed E-state index contributed by atoms with van der Waals surface area (Å²) >= 11 is 0. The average Bonchev–Trinajstić information content (AvgIpc) is 3.19. The number of hydrogen-bond donors (Lipinski definition) is 0. The van der Waals surface area contributed by atoms with Crippen LogP contribution < -0.4 is 0 Å². The van der Waals surface area contributed by atoms with E-state index in [2.05, 4.69) is 0 Å². The summed E-state index contributed by atoms with van der Waals surface area (Å²) in [7, 11) is 0. The van der Waals surface area contributed by atoms with Crippen molar-refractivity contribution in [3.05, 3.63) is 106 Å². The van der Waals surface area contributed by atoms with Gasteiger partial charge in [0.1, 0.15) is 6.61 Å². The third-order valence-electron chi connectivity index (χ3n) is 5.36. The molecule has 0 radical (unpaired) electrons. The van der Waals surface area contributed by atoms with Crippen molar-refractivity contribution in [2.75, 3.05) is 0 Å². The van der Waals surface area contributed by atoms with Gasteiger partial charge in [-0.25, -0.2) is 0 Å². The van der Waals surface area contributed by atoms with Crippen molar-refractivity contribution < 1.29 is 24.0 Å². The van der Waals surface area contributed by atoms with Crippen molar-refractivity contribution in [3.63, 3.8) is 0 Å². The first-order chi connectivity index (χ1) is 15.0. The molecule has 4 amide bonds. The lowest BCUT2D eigenvalue weighted by Gasteiger charge is -2.15. The molecular formula is C24H16N2O5. The molecule has 0 unspecified atom stereocenters. The minimum atomic E-state index is -0.483.